The monoisotopic (exact) mass is 520 g/mol. The summed E-state index contributed by atoms with van der Waals surface area (Å²) in [6.45, 7) is 0. The maximum atomic E-state index is 8.63. The number of phenolic OH excluding ortho intramolecular Hbond substituents is 1. The van der Waals surface area contributed by atoms with Crippen LogP contribution in [0.15, 0.2) is 103 Å². The Morgan fingerprint density at radius 1 is 0.514 bits per heavy atom. The second-order valence-corrected chi connectivity index (χ2v) is 8.31. The van der Waals surface area contributed by atoms with E-state index in [1.54, 1.807) is 36.4 Å². The molecule has 35 heavy (non-hydrogen) atoms. The molecule has 0 amide bonds. The number of phenols is 1. The molecule has 6 rings (SSSR count). The van der Waals surface area contributed by atoms with E-state index in [2.05, 4.69) is 68.8 Å². The maximum absolute atomic E-state index is 8.63. The molecule has 0 unspecified atom stereocenters. The number of hydrogen-bond donors (Lipinski definition) is 2. The lowest BCUT2D eigenvalue weighted by atomic mass is 9.81. The highest BCUT2D eigenvalue weighted by atomic mass is 35.5. The molecule has 5 nitrogen and oxygen atoms in total. The summed E-state index contributed by atoms with van der Waals surface area (Å²) in [7, 11) is 0. The average molecular weight is 522 g/mol. The van der Waals surface area contributed by atoms with Gasteiger partial charge in [0.25, 0.3) is 0 Å². The summed E-state index contributed by atoms with van der Waals surface area (Å²) in [5.41, 5.74) is 6.25. The third-order valence-corrected chi connectivity index (χ3v) is 5.56. The lowest BCUT2D eigenvalue weighted by molar-refractivity contribution is 0.475. The fourth-order valence-electron chi connectivity index (χ4n) is 3.34. The molecular formula is C27H19Cl3N4O. The first kappa shape index (κ1) is 24.5. The first-order valence-corrected chi connectivity index (χ1v) is 11.7. The Hall–Kier alpha value is -3.64. The number of aromatic hydroxyl groups is 1. The molecule has 4 aromatic carbocycles. The van der Waals surface area contributed by atoms with Gasteiger partial charge in [0.15, 0.2) is 0 Å². The standard InChI is InChI=1S/C12H8.C9H5Cl3N4.C6H6O/c1-2-6-10-9(5-1)11-7-3-4-8-12(10)11;10-5-3-1-2-4-6(5)13-9-15-7(11)14-8(12)16-9;7-6-4-2-1-3-5-6/h1-8H;1-4H,(H,13,14,15,16);1-5,7H. The molecule has 1 heterocycles. The summed E-state index contributed by atoms with van der Waals surface area (Å²) in [6, 6.07) is 33.0. The fraction of sp³-hybridized carbons (Fsp3) is 0. The maximum Gasteiger partial charge on any atom is 0.232 e. The van der Waals surface area contributed by atoms with E-state index in [1.807, 2.05) is 18.2 Å². The Kier molecular flexibility index (Phi) is 8.16. The van der Waals surface area contributed by atoms with Gasteiger partial charge in [0, 0.05) is 0 Å². The lowest BCUT2D eigenvalue weighted by Gasteiger charge is -2.22. The number of nitrogens with zero attached hydrogens (tertiary/aromatic N) is 3. The van der Waals surface area contributed by atoms with Crippen molar-refractivity contribution in [3.05, 3.63) is 119 Å². The van der Waals surface area contributed by atoms with Crippen molar-refractivity contribution in [3.63, 3.8) is 0 Å². The van der Waals surface area contributed by atoms with Gasteiger partial charge in [0.05, 0.1) is 10.7 Å². The van der Waals surface area contributed by atoms with Crippen molar-refractivity contribution in [2.24, 2.45) is 0 Å². The minimum Gasteiger partial charge on any atom is -0.508 e. The molecule has 0 saturated heterocycles. The molecule has 2 N–H and O–H groups in total. The van der Waals surface area contributed by atoms with Crippen molar-refractivity contribution < 1.29 is 5.11 Å². The number of aromatic nitrogens is 3. The molecule has 0 saturated carbocycles. The normalized spacial score (nSPS) is 10.3. The number of rotatable bonds is 2. The molecule has 8 heteroatoms. The topological polar surface area (TPSA) is 70.9 Å². The largest absolute Gasteiger partial charge is 0.508 e. The molecule has 1 aromatic heterocycles. The van der Waals surface area contributed by atoms with Gasteiger partial charge in [-0.05, 0) is 69.7 Å². The Morgan fingerprint density at radius 2 is 0.943 bits per heavy atom. The van der Waals surface area contributed by atoms with Crippen molar-refractivity contribution in [3.8, 4) is 28.0 Å². The molecule has 1 aliphatic carbocycles. The zero-order valence-corrected chi connectivity index (χ0v) is 20.5. The van der Waals surface area contributed by atoms with E-state index in [0.717, 1.165) is 0 Å². The van der Waals surface area contributed by atoms with Gasteiger partial charge in [-0.3, -0.25) is 0 Å². The predicted molar refractivity (Wildman–Crippen MR) is 144 cm³/mol. The second kappa shape index (κ2) is 11.7. The molecule has 174 valence electrons. The van der Waals surface area contributed by atoms with Crippen LogP contribution in [0.2, 0.25) is 15.6 Å². The van der Waals surface area contributed by atoms with Crippen molar-refractivity contribution in [1.82, 2.24) is 15.0 Å². The molecule has 0 fully saturated rings. The summed E-state index contributed by atoms with van der Waals surface area (Å²) < 4.78 is 0. The summed E-state index contributed by atoms with van der Waals surface area (Å²) in [5, 5.41) is 12.1. The summed E-state index contributed by atoms with van der Waals surface area (Å²) in [5.74, 6) is 0.570. The number of anilines is 2. The number of benzene rings is 4. The highest BCUT2D eigenvalue weighted by molar-refractivity contribution is 6.33. The van der Waals surface area contributed by atoms with E-state index in [1.165, 1.54) is 22.3 Å². The van der Waals surface area contributed by atoms with Gasteiger partial charge in [-0.25, -0.2) is 0 Å². The van der Waals surface area contributed by atoms with Crippen LogP contribution in [0.5, 0.6) is 5.75 Å². The Morgan fingerprint density at radius 3 is 1.37 bits per heavy atom. The highest BCUT2D eigenvalue weighted by Crippen LogP contribution is 2.46. The number of hydrogen-bond acceptors (Lipinski definition) is 5. The van der Waals surface area contributed by atoms with Gasteiger partial charge in [-0.15, -0.1) is 0 Å². The zero-order valence-electron chi connectivity index (χ0n) is 18.2. The molecule has 0 atom stereocenters. The quantitative estimate of drug-likeness (QED) is 0.240. The van der Waals surface area contributed by atoms with Gasteiger partial charge in [0.1, 0.15) is 5.75 Å². The van der Waals surface area contributed by atoms with E-state index in [0.29, 0.717) is 16.5 Å². The van der Waals surface area contributed by atoms with E-state index >= 15 is 0 Å². The van der Waals surface area contributed by atoms with Crippen LogP contribution in [-0.4, -0.2) is 20.1 Å². The number of fused-ring (bicyclic) bond motifs is 4. The van der Waals surface area contributed by atoms with Crippen LogP contribution < -0.4 is 5.32 Å². The number of para-hydroxylation sites is 2. The number of nitrogens with one attached hydrogen (secondary N) is 1. The smallest absolute Gasteiger partial charge is 0.232 e. The highest BCUT2D eigenvalue weighted by Gasteiger charge is 2.19. The molecule has 1 aliphatic rings. The molecule has 0 spiro atoms. The Bertz CT molecular complexity index is 1310. The third-order valence-electron chi connectivity index (χ3n) is 4.89. The second-order valence-electron chi connectivity index (χ2n) is 7.23. The van der Waals surface area contributed by atoms with Crippen LogP contribution in [-0.2, 0) is 0 Å². The minimum atomic E-state index is 0.0227. The molecule has 5 aromatic rings. The van der Waals surface area contributed by atoms with Gasteiger partial charge in [-0.2, -0.15) is 15.0 Å². The van der Waals surface area contributed by atoms with Crippen molar-refractivity contribution in [2.45, 2.75) is 0 Å². The summed E-state index contributed by atoms with van der Waals surface area (Å²) in [4.78, 5) is 11.4. The molecule has 0 aliphatic heterocycles. The summed E-state index contributed by atoms with van der Waals surface area (Å²) in [6.07, 6.45) is 0. The van der Waals surface area contributed by atoms with Crippen LogP contribution >= 0.6 is 34.8 Å². The average Bonchev–Trinajstić information content (AvgIpc) is 2.85. The van der Waals surface area contributed by atoms with Crippen LogP contribution in [0.3, 0.4) is 0 Å². The van der Waals surface area contributed by atoms with Crippen LogP contribution in [0.4, 0.5) is 11.6 Å². The summed E-state index contributed by atoms with van der Waals surface area (Å²) >= 11 is 17.2. The van der Waals surface area contributed by atoms with Crippen LogP contribution in [0.25, 0.3) is 22.3 Å². The van der Waals surface area contributed by atoms with E-state index in [-0.39, 0.29) is 16.5 Å². The van der Waals surface area contributed by atoms with Crippen molar-refractivity contribution in [1.29, 1.82) is 0 Å². The number of halogens is 3. The van der Waals surface area contributed by atoms with E-state index in [9.17, 15) is 0 Å². The SMILES string of the molecule is Clc1nc(Cl)nc(Nc2ccccc2Cl)n1.Oc1ccccc1.c1ccc2c(c1)-c1ccccc1-2. The zero-order chi connectivity index (χ0) is 24.6. The van der Waals surface area contributed by atoms with Gasteiger partial charge >= 0.3 is 0 Å². The Labute approximate surface area is 218 Å². The first-order chi connectivity index (χ1) is 17.0. The van der Waals surface area contributed by atoms with E-state index < -0.39 is 0 Å². The van der Waals surface area contributed by atoms with Gasteiger partial charge < -0.3 is 10.4 Å². The third kappa shape index (κ3) is 6.49. The molecular weight excluding hydrogens is 503 g/mol. The molecule has 0 bridgehead atoms. The van der Waals surface area contributed by atoms with Crippen LogP contribution in [0, 0.1) is 0 Å². The fourth-order valence-corrected chi connectivity index (χ4v) is 3.88. The Balaban J connectivity index is 0.000000133. The van der Waals surface area contributed by atoms with Crippen molar-refractivity contribution >= 4 is 46.4 Å². The van der Waals surface area contributed by atoms with Crippen LogP contribution in [0.1, 0.15) is 0 Å². The van der Waals surface area contributed by atoms with Gasteiger partial charge in [-0.1, -0.05) is 90.5 Å². The van der Waals surface area contributed by atoms with Gasteiger partial charge in [0.2, 0.25) is 16.5 Å². The lowest BCUT2D eigenvalue weighted by Crippen LogP contribution is -1.99. The first-order valence-electron chi connectivity index (χ1n) is 10.5. The van der Waals surface area contributed by atoms with Crippen molar-refractivity contribution in [2.75, 3.05) is 5.32 Å². The van der Waals surface area contributed by atoms with E-state index in [4.69, 9.17) is 39.9 Å². The minimum absolute atomic E-state index is 0.0227. The predicted octanol–water partition coefficient (Wildman–Crippen LogP) is 8.30. The molecule has 0 radical (unpaired) electrons.